The Labute approximate surface area is 195 Å². The van der Waals surface area contributed by atoms with Crippen LogP contribution in [0.4, 0.5) is 23.2 Å². The minimum absolute atomic E-state index is 0.233. The molecule has 33 heavy (non-hydrogen) atoms. The first kappa shape index (κ1) is 23.8. The average molecular weight is 483 g/mol. The monoisotopic (exact) mass is 482 g/mol. The van der Waals surface area contributed by atoms with Crippen molar-refractivity contribution in [2.24, 2.45) is 11.8 Å². The molecule has 2 aliphatic rings. The molecular weight excluding hydrogens is 458 g/mol. The Morgan fingerprint density at radius 1 is 1.09 bits per heavy atom. The van der Waals surface area contributed by atoms with E-state index in [4.69, 9.17) is 11.6 Å². The highest BCUT2D eigenvalue weighted by Crippen LogP contribution is 2.36. The molecule has 2 aliphatic heterocycles. The van der Waals surface area contributed by atoms with Crippen molar-refractivity contribution in [1.29, 1.82) is 0 Å². The highest BCUT2D eigenvalue weighted by molar-refractivity contribution is 6.31. The van der Waals surface area contributed by atoms with Crippen LogP contribution in [-0.2, 0) is 6.18 Å². The van der Waals surface area contributed by atoms with Crippen LogP contribution < -0.4 is 0 Å². The van der Waals surface area contributed by atoms with Crippen molar-refractivity contribution in [3.8, 4) is 0 Å². The molecule has 2 unspecified atom stereocenters. The molecule has 9 heteroatoms. The van der Waals surface area contributed by atoms with Crippen LogP contribution in [0, 0.1) is 24.6 Å². The normalized spacial score (nSPS) is 20.8. The summed E-state index contributed by atoms with van der Waals surface area (Å²) in [7, 11) is 0. The summed E-state index contributed by atoms with van der Waals surface area (Å²) in [6.45, 7) is 5.95. The Kier molecular flexibility index (Phi) is 6.86. The third-order valence-electron chi connectivity index (χ3n) is 6.45. The standard InChI is InChI=1S/C24H25ClF4N3O/c1-15-3-5-19(10-22(15)25)30-7-2-8-31-11-16-13-32(14-17(16)12-31)23(33)20-6-4-18(26)9-21(20)24(27,28)29/h3-6,9-10,16-17H,2,7-8,11-14H2,1H3/q-1. The minimum atomic E-state index is -4.78. The second kappa shape index (κ2) is 9.50. The number of alkyl halides is 3. The molecule has 0 bridgehead atoms. The maximum absolute atomic E-state index is 13.4. The summed E-state index contributed by atoms with van der Waals surface area (Å²) in [6, 6.07) is 7.97. The second-order valence-corrected chi connectivity index (χ2v) is 9.25. The lowest BCUT2D eigenvalue weighted by Gasteiger charge is -2.25. The van der Waals surface area contributed by atoms with E-state index >= 15 is 0 Å². The van der Waals surface area contributed by atoms with Crippen molar-refractivity contribution < 1.29 is 22.4 Å². The van der Waals surface area contributed by atoms with Crippen LogP contribution in [0.1, 0.15) is 27.9 Å². The fourth-order valence-electron chi connectivity index (χ4n) is 4.73. The van der Waals surface area contributed by atoms with Crippen LogP contribution in [0.25, 0.3) is 5.32 Å². The highest BCUT2D eigenvalue weighted by Gasteiger charge is 2.43. The molecule has 2 saturated heterocycles. The molecule has 0 aromatic heterocycles. The van der Waals surface area contributed by atoms with Crippen LogP contribution >= 0.6 is 11.6 Å². The first-order valence-corrected chi connectivity index (χ1v) is 11.3. The smallest absolute Gasteiger partial charge is 0.417 e. The van der Waals surface area contributed by atoms with Gasteiger partial charge in [-0.2, -0.15) is 13.2 Å². The molecule has 178 valence electrons. The predicted octanol–water partition coefficient (Wildman–Crippen LogP) is 5.91. The van der Waals surface area contributed by atoms with Crippen LogP contribution in [0.5, 0.6) is 0 Å². The van der Waals surface area contributed by atoms with E-state index in [0.29, 0.717) is 30.7 Å². The summed E-state index contributed by atoms with van der Waals surface area (Å²) < 4.78 is 53.2. The summed E-state index contributed by atoms with van der Waals surface area (Å²) >= 11 is 6.13. The van der Waals surface area contributed by atoms with E-state index in [0.717, 1.165) is 49.4 Å². The van der Waals surface area contributed by atoms with E-state index in [9.17, 15) is 22.4 Å². The zero-order chi connectivity index (χ0) is 23.8. The molecule has 2 fully saturated rings. The predicted molar refractivity (Wildman–Crippen MR) is 119 cm³/mol. The quantitative estimate of drug-likeness (QED) is 0.379. The zero-order valence-electron chi connectivity index (χ0n) is 18.2. The van der Waals surface area contributed by atoms with Crippen molar-refractivity contribution in [1.82, 2.24) is 9.80 Å². The molecule has 0 aliphatic carbocycles. The minimum Gasteiger partial charge on any atom is -0.684 e. The van der Waals surface area contributed by atoms with Gasteiger partial charge in [-0.3, -0.25) is 4.79 Å². The number of halogens is 5. The first-order valence-electron chi connectivity index (χ1n) is 10.9. The van der Waals surface area contributed by atoms with Gasteiger partial charge in [-0.1, -0.05) is 36.2 Å². The van der Waals surface area contributed by atoms with Gasteiger partial charge in [0.2, 0.25) is 0 Å². The molecule has 1 amide bonds. The Balaban J connectivity index is 1.27. The van der Waals surface area contributed by atoms with Gasteiger partial charge in [-0.25, -0.2) is 4.39 Å². The Hall–Kier alpha value is -2.32. The Morgan fingerprint density at radius 3 is 2.42 bits per heavy atom. The zero-order valence-corrected chi connectivity index (χ0v) is 19.0. The van der Waals surface area contributed by atoms with Gasteiger partial charge in [0.1, 0.15) is 5.82 Å². The molecule has 4 rings (SSSR count). The summed E-state index contributed by atoms with van der Waals surface area (Å²) in [5, 5.41) is 5.26. The number of aryl methyl sites for hydroxylation is 1. The summed E-state index contributed by atoms with van der Waals surface area (Å²) in [4.78, 5) is 16.6. The van der Waals surface area contributed by atoms with E-state index in [1.54, 1.807) is 0 Å². The summed E-state index contributed by atoms with van der Waals surface area (Å²) in [5.74, 6) is -1.22. The lowest BCUT2D eigenvalue weighted by atomic mass is 10.0. The molecule has 4 nitrogen and oxygen atoms in total. The molecular formula is C24H25ClF4N3O-. The maximum Gasteiger partial charge on any atom is 0.417 e. The highest BCUT2D eigenvalue weighted by atomic mass is 35.5. The number of likely N-dealkylation sites (tertiary alicyclic amines) is 2. The third-order valence-corrected chi connectivity index (χ3v) is 6.86. The number of hydrogen-bond acceptors (Lipinski definition) is 2. The van der Waals surface area contributed by atoms with Crippen molar-refractivity contribution >= 4 is 23.2 Å². The number of hydrogen-bond donors (Lipinski definition) is 0. The van der Waals surface area contributed by atoms with Gasteiger partial charge < -0.3 is 15.1 Å². The number of nitrogens with zero attached hydrogens (tertiary/aromatic N) is 3. The van der Waals surface area contributed by atoms with E-state index in [2.05, 4.69) is 10.2 Å². The number of fused-ring (bicyclic) bond motifs is 1. The molecule has 0 radical (unpaired) electrons. The average Bonchev–Trinajstić information content (AvgIpc) is 3.31. The fraction of sp³-hybridized carbons (Fsp3) is 0.458. The van der Waals surface area contributed by atoms with Gasteiger partial charge in [-0.15, -0.1) is 12.2 Å². The largest absolute Gasteiger partial charge is 0.684 e. The van der Waals surface area contributed by atoms with Crippen molar-refractivity contribution in [2.45, 2.75) is 19.5 Å². The number of rotatable bonds is 6. The van der Waals surface area contributed by atoms with Gasteiger partial charge in [0, 0.05) is 31.2 Å². The van der Waals surface area contributed by atoms with Crippen LogP contribution in [0.2, 0.25) is 5.02 Å². The Morgan fingerprint density at radius 2 is 1.79 bits per heavy atom. The topological polar surface area (TPSA) is 37.7 Å². The number of carbonyl (C=O) groups is 1. The molecule has 2 aromatic carbocycles. The molecule has 0 spiro atoms. The number of carbonyl (C=O) groups excluding carboxylic acids is 1. The van der Waals surface area contributed by atoms with Crippen molar-refractivity contribution in [2.75, 3.05) is 39.3 Å². The molecule has 0 saturated carbocycles. The lowest BCUT2D eigenvalue weighted by molar-refractivity contribution is -0.138. The first-order chi connectivity index (χ1) is 15.6. The summed E-state index contributed by atoms with van der Waals surface area (Å²) in [6.07, 6.45) is -3.90. The number of benzene rings is 2. The third kappa shape index (κ3) is 5.44. The van der Waals surface area contributed by atoms with Crippen LogP contribution in [-0.4, -0.2) is 55.0 Å². The van der Waals surface area contributed by atoms with Gasteiger partial charge in [0.05, 0.1) is 11.1 Å². The van der Waals surface area contributed by atoms with Gasteiger partial charge in [-0.05, 0) is 49.1 Å². The van der Waals surface area contributed by atoms with Crippen LogP contribution in [0.3, 0.4) is 0 Å². The van der Waals surface area contributed by atoms with Gasteiger partial charge in [0.25, 0.3) is 5.91 Å². The fourth-order valence-corrected chi connectivity index (χ4v) is 4.90. The van der Waals surface area contributed by atoms with E-state index in [1.165, 1.54) is 4.90 Å². The Bertz CT molecular complexity index is 1020. The SMILES string of the molecule is Cc1ccc([N-]CCCN2CC3CN(C(=O)c4ccc(F)cc4C(F)(F)F)CC3C2)cc1Cl. The maximum atomic E-state index is 13.4. The van der Waals surface area contributed by atoms with E-state index < -0.39 is 29.0 Å². The second-order valence-electron chi connectivity index (χ2n) is 8.85. The van der Waals surface area contributed by atoms with E-state index in [1.807, 2.05) is 25.1 Å². The van der Waals surface area contributed by atoms with Crippen molar-refractivity contribution in [3.05, 3.63) is 69.2 Å². The van der Waals surface area contributed by atoms with Gasteiger partial charge >= 0.3 is 6.18 Å². The van der Waals surface area contributed by atoms with E-state index in [-0.39, 0.29) is 11.8 Å². The molecule has 2 atom stereocenters. The van der Waals surface area contributed by atoms with Gasteiger partial charge in [0.15, 0.2) is 0 Å². The lowest BCUT2D eigenvalue weighted by Crippen LogP contribution is -2.34. The summed E-state index contributed by atoms with van der Waals surface area (Å²) in [5.41, 5.74) is 0.168. The molecule has 2 aromatic rings. The molecule has 2 heterocycles. The van der Waals surface area contributed by atoms with Crippen LogP contribution in [0.15, 0.2) is 36.4 Å². The number of amides is 1. The molecule has 0 N–H and O–H groups in total. The van der Waals surface area contributed by atoms with Crippen molar-refractivity contribution in [3.63, 3.8) is 0 Å².